The van der Waals surface area contributed by atoms with Gasteiger partial charge in [-0.3, -0.25) is 9.59 Å². The maximum absolute atomic E-state index is 13.0. The van der Waals surface area contributed by atoms with E-state index in [-0.39, 0.29) is 11.7 Å². The van der Waals surface area contributed by atoms with E-state index in [0.29, 0.717) is 39.1 Å². The van der Waals surface area contributed by atoms with E-state index in [1.54, 1.807) is 48.5 Å². The minimum Gasteiger partial charge on any atom is -0.490 e. The van der Waals surface area contributed by atoms with Crippen LogP contribution in [0.25, 0.3) is 16.2 Å². The van der Waals surface area contributed by atoms with E-state index in [0.717, 1.165) is 21.2 Å². The summed E-state index contributed by atoms with van der Waals surface area (Å²) >= 11 is 7.76. The Morgan fingerprint density at radius 1 is 0.911 bits per heavy atom. The molecule has 0 aliphatic carbocycles. The molecule has 1 aromatic heterocycles. The molecule has 2 N–H and O–H groups in total. The number of amides is 2. The number of hydrazone groups is 1. The maximum atomic E-state index is 13.0. The highest BCUT2D eigenvalue weighted by molar-refractivity contribution is 7.21. The van der Waals surface area contributed by atoms with Crippen LogP contribution in [0.15, 0.2) is 102 Å². The number of thiophene rings is 1. The van der Waals surface area contributed by atoms with Crippen LogP contribution >= 0.6 is 22.9 Å². The fourth-order valence-electron chi connectivity index (χ4n) is 4.26. The molecule has 4 aromatic carbocycles. The number of hydrogen-bond acceptors (Lipinski definition) is 7. The molecule has 0 bridgehead atoms. The van der Waals surface area contributed by atoms with Crippen LogP contribution in [0.1, 0.15) is 43.6 Å². The average molecular weight is 638 g/mol. The summed E-state index contributed by atoms with van der Waals surface area (Å²) < 4.78 is 12.3. The minimum absolute atomic E-state index is 0.232. The first-order valence-corrected chi connectivity index (χ1v) is 15.2. The highest BCUT2D eigenvalue weighted by atomic mass is 35.5. The number of esters is 1. The molecule has 1 heterocycles. The van der Waals surface area contributed by atoms with Crippen LogP contribution in [0.4, 0.5) is 5.69 Å². The van der Waals surface area contributed by atoms with E-state index >= 15 is 0 Å². The second-order valence-corrected chi connectivity index (χ2v) is 11.2. The molecule has 0 radical (unpaired) electrons. The van der Waals surface area contributed by atoms with Crippen LogP contribution in [-0.4, -0.2) is 30.6 Å². The fraction of sp³-hybridized carbons (Fsp3) is 0.0857. The molecule has 0 spiro atoms. The molecule has 0 fully saturated rings. The number of rotatable bonds is 10. The molecule has 226 valence electrons. The predicted octanol–water partition coefficient (Wildman–Crippen LogP) is 7.90. The smallest absolute Gasteiger partial charge is 0.355 e. The molecule has 45 heavy (non-hydrogen) atoms. The van der Waals surface area contributed by atoms with Gasteiger partial charge < -0.3 is 14.8 Å². The van der Waals surface area contributed by atoms with Gasteiger partial charge >= 0.3 is 5.97 Å². The van der Waals surface area contributed by atoms with Crippen molar-refractivity contribution < 1.29 is 23.9 Å². The van der Waals surface area contributed by atoms with Crippen LogP contribution < -0.4 is 20.2 Å². The number of carbonyl (C=O) groups excluding carboxylic acids is 3. The number of aryl methyl sites for hydroxylation is 1. The van der Waals surface area contributed by atoms with Gasteiger partial charge in [0.15, 0.2) is 11.5 Å². The van der Waals surface area contributed by atoms with E-state index in [1.165, 1.54) is 23.6 Å². The molecule has 10 heteroatoms. The van der Waals surface area contributed by atoms with Crippen molar-refractivity contribution in [3.63, 3.8) is 0 Å². The molecule has 2 amide bonds. The third-order valence-corrected chi connectivity index (χ3v) is 8.10. The summed E-state index contributed by atoms with van der Waals surface area (Å²) in [6, 6.07) is 26.7. The van der Waals surface area contributed by atoms with Crippen LogP contribution in [0.5, 0.6) is 11.5 Å². The number of carbonyl (C=O) groups is 3. The topological polar surface area (TPSA) is 106 Å². The van der Waals surface area contributed by atoms with Gasteiger partial charge in [-0.1, -0.05) is 54.1 Å². The molecule has 0 aliphatic rings. The largest absolute Gasteiger partial charge is 0.490 e. The number of benzene rings is 4. The second kappa shape index (κ2) is 14.5. The van der Waals surface area contributed by atoms with E-state index in [1.807, 2.05) is 62.4 Å². The minimum atomic E-state index is -0.581. The number of nitrogens with zero attached hydrogens (tertiary/aromatic N) is 1. The second-order valence-electron chi connectivity index (χ2n) is 9.78. The summed E-state index contributed by atoms with van der Waals surface area (Å²) in [5, 5.41) is 7.95. The van der Waals surface area contributed by atoms with Crippen molar-refractivity contribution in [3.8, 4) is 11.5 Å². The first-order chi connectivity index (χ1) is 21.8. The number of halogens is 1. The van der Waals surface area contributed by atoms with E-state index < -0.39 is 11.9 Å². The van der Waals surface area contributed by atoms with Crippen LogP contribution in [-0.2, 0) is 4.79 Å². The van der Waals surface area contributed by atoms with Crippen molar-refractivity contribution in [1.29, 1.82) is 0 Å². The van der Waals surface area contributed by atoms with Crippen molar-refractivity contribution in [2.75, 3.05) is 11.9 Å². The third kappa shape index (κ3) is 8.03. The molecule has 0 atom stereocenters. The van der Waals surface area contributed by atoms with Crippen molar-refractivity contribution >= 4 is 68.8 Å². The summed E-state index contributed by atoms with van der Waals surface area (Å²) in [5.41, 5.74) is 5.98. The predicted molar refractivity (Wildman–Crippen MR) is 180 cm³/mol. The monoisotopic (exact) mass is 637 g/mol. The first kappa shape index (κ1) is 31.2. The lowest BCUT2D eigenvalue weighted by Crippen LogP contribution is -2.17. The number of hydrogen-bond donors (Lipinski definition) is 2. The van der Waals surface area contributed by atoms with Crippen molar-refractivity contribution in [3.05, 3.63) is 129 Å². The first-order valence-electron chi connectivity index (χ1n) is 14.0. The molecular formula is C35H28ClN3O5S. The molecular weight excluding hydrogens is 610 g/mol. The summed E-state index contributed by atoms with van der Waals surface area (Å²) in [4.78, 5) is 38.1. The molecule has 0 unspecified atom stereocenters. The Kier molecular flexibility index (Phi) is 10.0. The summed E-state index contributed by atoms with van der Waals surface area (Å²) in [6.45, 7) is 4.13. The zero-order valence-electron chi connectivity index (χ0n) is 24.4. The maximum Gasteiger partial charge on any atom is 0.355 e. The lowest BCUT2D eigenvalue weighted by molar-refractivity contribution is -0.111. The normalized spacial score (nSPS) is 11.2. The van der Waals surface area contributed by atoms with Gasteiger partial charge in [0.1, 0.15) is 4.88 Å². The zero-order chi connectivity index (χ0) is 31.8. The van der Waals surface area contributed by atoms with E-state index in [4.69, 9.17) is 21.1 Å². The lowest BCUT2D eigenvalue weighted by Gasteiger charge is -2.11. The van der Waals surface area contributed by atoms with Crippen molar-refractivity contribution in [2.45, 2.75) is 13.8 Å². The summed E-state index contributed by atoms with van der Waals surface area (Å²) in [5.74, 6) is -0.727. The standard InChI is InChI=1S/C35H28ClN3O5S/c1-3-43-29-20-24(10-17-28(29)44-35(42)33-32(36)27-16-9-22(2)19-30(27)45-33)21-37-39-34(41)25-12-14-26(15-13-25)38-31(40)18-11-23-7-5-4-6-8-23/h4-21H,3H2,1-2H3,(H,38,40)(H,39,41)/b18-11+,37-21-. The summed E-state index contributed by atoms with van der Waals surface area (Å²) in [6.07, 6.45) is 4.61. The number of fused-ring (bicyclic) bond motifs is 1. The van der Waals surface area contributed by atoms with Gasteiger partial charge in [0.2, 0.25) is 5.91 Å². The Labute approximate surface area is 268 Å². The molecule has 5 aromatic rings. The quantitative estimate of drug-likeness (QED) is 0.0532. The number of nitrogens with one attached hydrogen (secondary N) is 2. The Bertz CT molecular complexity index is 1920. The van der Waals surface area contributed by atoms with Gasteiger partial charge in [0, 0.05) is 27.4 Å². The molecule has 8 nitrogen and oxygen atoms in total. The van der Waals surface area contributed by atoms with Gasteiger partial charge in [0.05, 0.1) is 17.8 Å². The highest BCUT2D eigenvalue weighted by Gasteiger charge is 2.21. The van der Waals surface area contributed by atoms with Gasteiger partial charge in [-0.05, 0) is 85.1 Å². The highest BCUT2D eigenvalue weighted by Crippen LogP contribution is 2.37. The lowest BCUT2D eigenvalue weighted by atomic mass is 10.2. The molecule has 0 saturated heterocycles. The fourth-order valence-corrected chi connectivity index (χ4v) is 5.75. The van der Waals surface area contributed by atoms with Gasteiger partial charge in [-0.2, -0.15) is 5.10 Å². The van der Waals surface area contributed by atoms with Crippen LogP contribution in [0, 0.1) is 6.92 Å². The SMILES string of the molecule is CCOc1cc(/C=N\NC(=O)c2ccc(NC(=O)/C=C/c3ccccc3)cc2)ccc1OC(=O)c1sc2cc(C)ccc2c1Cl. The number of anilines is 1. The van der Waals surface area contributed by atoms with Crippen LogP contribution in [0.2, 0.25) is 5.02 Å². The van der Waals surface area contributed by atoms with Gasteiger partial charge in [0.25, 0.3) is 5.91 Å². The van der Waals surface area contributed by atoms with Crippen molar-refractivity contribution in [2.24, 2.45) is 5.10 Å². The number of ether oxygens (including phenoxy) is 2. The van der Waals surface area contributed by atoms with Gasteiger partial charge in [-0.15, -0.1) is 11.3 Å². The Balaban J connectivity index is 1.19. The Morgan fingerprint density at radius 3 is 2.44 bits per heavy atom. The zero-order valence-corrected chi connectivity index (χ0v) is 25.9. The molecule has 5 rings (SSSR count). The third-order valence-electron chi connectivity index (χ3n) is 6.46. The van der Waals surface area contributed by atoms with Gasteiger partial charge in [-0.25, -0.2) is 10.2 Å². The summed E-state index contributed by atoms with van der Waals surface area (Å²) in [7, 11) is 0. The molecule has 0 saturated carbocycles. The Morgan fingerprint density at radius 2 is 1.69 bits per heavy atom. The van der Waals surface area contributed by atoms with E-state index in [9.17, 15) is 14.4 Å². The van der Waals surface area contributed by atoms with Crippen LogP contribution in [0.3, 0.4) is 0 Å². The Hall–Kier alpha value is -5.25. The average Bonchev–Trinajstić information content (AvgIpc) is 3.37. The van der Waals surface area contributed by atoms with E-state index in [2.05, 4.69) is 15.8 Å². The van der Waals surface area contributed by atoms with Crippen molar-refractivity contribution in [1.82, 2.24) is 5.43 Å². The molecule has 0 aliphatic heterocycles.